The monoisotopic (exact) mass is 373 g/mol. The number of carbonyl (C=O) groups excluding carboxylic acids is 1. The second kappa shape index (κ2) is 6.68. The maximum Gasteiger partial charge on any atom is 0.212 e. The van der Waals surface area contributed by atoms with Crippen molar-refractivity contribution in [2.45, 2.75) is 6.54 Å². The van der Waals surface area contributed by atoms with Crippen LogP contribution in [-0.2, 0) is 6.54 Å². The summed E-state index contributed by atoms with van der Waals surface area (Å²) in [6, 6.07) is 4.04. The Morgan fingerprint density at radius 3 is 2.76 bits per heavy atom. The van der Waals surface area contributed by atoms with E-state index in [1.807, 2.05) is 19.0 Å². The Bertz CT molecular complexity index is 652. The lowest BCUT2D eigenvalue weighted by Crippen LogP contribution is -2.21. The molecule has 0 aliphatic heterocycles. The van der Waals surface area contributed by atoms with Gasteiger partial charge in [0.05, 0.1) is 17.8 Å². The van der Waals surface area contributed by atoms with E-state index < -0.39 is 5.82 Å². The summed E-state index contributed by atoms with van der Waals surface area (Å²) in [5.41, 5.74) is 0.506. The van der Waals surface area contributed by atoms with Crippen molar-refractivity contribution in [1.82, 2.24) is 14.7 Å². The fourth-order valence-corrected chi connectivity index (χ4v) is 2.57. The largest absolute Gasteiger partial charge is 0.308 e. The molecule has 0 N–H and O–H groups in total. The average molecular weight is 375 g/mol. The zero-order valence-electron chi connectivity index (χ0n) is 11.6. The molecule has 1 heterocycles. The molecule has 0 atom stereocenters. The zero-order chi connectivity index (χ0) is 15.6. The first-order valence-electron chi connectivity index (χ1n) is 6.25. The van der Waals surface area contributed by atoms with Gasteiger partial charge in [0.15, 0.2) is 0 Å². The highest BCUT2D eigenvalue weighted by atomic mass is 79.9. The van der Waals surface area contributed by atoms with Crippen molar-refractivity contribution in [2.75, 3.05) is 20.6 Å². The fourth-order valence-electron chi connectivity index (χ4n) is 1.87. The summed E-state index contributed by atoms with van der Waals surface area (Å²) in [4.78, 5) is 14.5. The molecular weight excluding hydrogens is 361 g/mol. The molecule has 1 aromatic carbocycles. The van der Waals surface area contributed by atoms with Crippen molar-refractivity contribution in [3.63, 3.8) is 0 Å². The van der Waals surface area contributed by atoms with Gasteiger partial charge < -0.3 is 4.90 Å². The number of halogens is 3. The number of rotatable bonds is 5. The van der Waals surface area contributed by atoms with Gasteiger partial charge in [-0.25, -0.2) is 4.39 Å². The van der Waals surface area contributed by atoms with E-state index in [2.05, 4.69) is 21.0 Å². The molecule has 0 amide bonds. The van der Waals surface area contributed by atoms with Crippen molar-refractivity contribution >= 4 is 33.3 Å². The molecule has 21 heavy (non-hydrogen) atoms. The predicted molar refractivity (Wildman–Crippen MR) is 83.3 cm³/mol. The predicted octanol–water partition coefficient (Wildman–Crippen LogP) is 3.23. The van der Waals surface area contributed by atoms with E-state index in [0.717, 1.165) is 0 Å². The molecule has 2 aromatic rings. The Morgan fingerprint density at radius 2 is 2.14 bits per heavy atom. The van der Waals surface area contributed by atoms with E-state index in [4.69, 9.17) is 11.6 Å². The van der Waals surface area contributed by atoms with Crippen LogP contribution < -0.4 is 0 Å². The lowest BCUT2D eigenvalue weighted by Gasteiger charge is -2.12. The highest BCUT2D eigenvalue weighted by molar-refractivity contribution is 9.10. The van der Waals surface area contributed by atoms with Crippen molar-refractivity contribution in [3.05, 3.63) is 51.0 Å². The Hall–Kier alpha value is -1.24. The van der Waals surface area contributed by atoms with Gasteiger partial charge in [-0.1, -0.05) is 27.5 Å². The molecule has 0 aliphatic rings. The Kier molecular flexibility index (Phi) is 5.13. The minimum absolute atomic E-state index is 0.232. The van der Waals surface area contributed by atoms with Gasteiger partial charge in [-0.2, -0.15) is 5.10 Å². The fraction of sp³-hybridized carbons (Fsp3) is 0.286. The first-order chi connectivity index (χ1) is 9.88. The quantitative estimate of drug-likeness (QED) is 0.754. The maximum absolute atomic E-state index is 13.4. The molecule has 0 spiro atoms. The molecule has 0 aliphatic carbocycles. The molecule has 1 aromatic heterocycles. The number of nitrogens with zero attached hydrogens (tertiary/aromatic N) is 3. The topological polar surface area (TPSA) is 38.1 Å². The summed E-state index contributed by atoms with van der Waals surface area (Å²) >= 11 is 9.24. The van der Waals surface area contributed by atoms with Crippen LogP contribution in [0.1, 0.15) is 16.1 Å². The summed E-state index contributed by atoms with van der Waals surface area (Å²) in [5.74, 6) is -0.834. The molecule has 0 radical (unpaired) electrons. The molecule has 7 heteroatoms. The highest BCUT2D eigenvalue weighted by Crippen LogP contribution is 2.22. The summed E-state index contributed by atoms with van der Waals surface area (Å²) < 4.78 is 15.5. The summed E-state index contributed by atoms with van der Waals surface area (Å²) in [7, 11) is 3.85. The molecule has 0 saturated carbocycles. The van der Waals surface area contributed by atoms with Gasteiger partial charge in [0, 0.05) is 16.6 Å². The molecular formula is C14H14BrClFN3O. The summed E-state index contributed by atoms with van der Waals surface area (Å²) in [5, 5.41) is 4.37. The van der Waals surface area contributed by atoms with Crippen LogP contribution in [0, 0.1) is 5.82 Å². The third-order valence-electron chi connectivity index (χ3n) is 2.89. The standard InChI is InChI=1S/C14H14BrClFN3O/c1-19(2)3-4-20-13(12(16)8-18-20)14(21)9-5-10(15)7-11(17)6-9/h5-8H,3-4H2,1-2H3. The van der Waals surface area contributed by atoms with Crippen LogP contribution in [0.25, 0.3) is 0 Å². The number of likely N-dealkylation sites (N-methyl/N-ethyl adjacent to an activating group) is 1. The van der Waals surface area contributed by atoms with E-state index in [9.17, 15) is 9.18 Å². The van der Waals surface area contributed by atoms with Gasteiger partial charge in [-0.15, -0.1) is 0 Å². The Balaban J connectivity index is 2.36. The van der Waals surface area contributed by atoms with E-state index in [1.165, 1.54) is 18.3 Å². The number of aromatic nitrogens is 2. The van der Waals surface area contributed by atoms with Crippen molar-refractivity contribution in [3.8, 4) is 0 Å². The molecule has 0 bridgehead atoms. The van der Waals surface area contributed by atoms with Crippen molar-refractivity contribution in [2.24, 2.45) is 0 Å². The summed E-state index contributed by atoms with van der Waals surface area (Å²) in [6.45, 7) is 1.24. The third kappa shape index (κ3) is 3.90. The lowest BCUT2D eigenvalue weighted by atomic mass is 10.1. The highest BCUT2D eigenvalue weighted by Gasteiger charge is 2.20. The Labute approximate surface area is 135 Å². The van der Waals surface area contributed by atoms with Gasteiger partial charge in [-0.3, -0.25) is 9.48 Å². The lowest BCUT2D eigenvalue weighted by molar-refractivity contribution is 0.102. The van der Waals surface area contributed by atoms with Crippen LogP contribution in [0.5, 0.6) is 0 Å². The third-order valence-corrected chi connectivity index (χ3v) is 3.63. The second-order valence-electron chi connectivity index (χ2n) is 4.85. The van der Waals surface area contributed by atoms with Crippen LogP contribution in [0.2, 0.25) is 5.02 Å². The smallest absolute Gasteiger partial charge is 0.212 e. The molecule has 0 unspecified atom stereocenters. The van der Waals surface area contributed by atoms with Crippen LogP contribution in [0.3, 0.4) is 0 Å². The first kappa shape index (κ1) is 16.1. The molecule has 0 saturated heterocycles. The molecule has 2 rings (SSSR count). The zero-order valence-corrected chi connectivity index (χ0v) is 13.9. The van der Waals surface area contributed by atoms with Gasteiger partial charge in [0.25, 0.3) is 0 Å². The van der Waals surface area contributed by atoms with Gasteiger partial charge in [-0.05, 0) is 32.3 Å². The summed E-state index contributed by atoms with van der Waals surface area (Å²) in [6.07, 6.45) is 1.43. The average Bonchev–Trinajstić information content (AvgIpc) is 2.75. The molecule has 112 valence electrons. The van der Waals surface area contributed by atoms with E-state index in [-0.39, 0.29) is 22.1 Å². The van der Waals surface area contributed by atoms with Gasteiger partial charge >= 0.3 is 0 Å². The van der Waals surface area contributed by atoms with Crippen molar-refractivity contribution < 1.29 is 9.18 Å². The number of benzene rings is 1. The van der Waals surface area contributed by atoms with E-state index >= 15 is 0 Å². The van der Waals surface area contributed by atoms with E-state index in [0.29, 0.717) is 17.6 Å². The number of hydrogen-bond donors (Lipinski definition) is 0. The minimum Gasteiger partial charge on any atom is -0.308 e. The number of hydrogen-bond acceptors (Lipinski definition) is 3. The van der Waals surface area contributed by atoms with Crippen LogP contribution in [0.15, 0.2) is 28.9 Å². The van der Waals surface area contributed by atoms with Gasteiger partial charge in [0.1, 0.15) is 11.5 Å². The maximum atomic E-state index is 13.4. The van der Waals surface area contributed by atoms with E-state index in [1.54, 1.807) is 10.7 Å². The van der Waals surface area contributed by atoms with Crippen LogP contribution >= 0.6 is 27.5 Å². The van der Waals surface area contributed by atoms with Gasteiger partial charge in [0.2, 0.25) is 5.78 Å². The number of ketones is 1. The first-order valence-corrected chi connectivity index (χ1v) is 7.42. The normalized spacial score (nSPS) is 11.1. The molecule has 4 nitrogen and oxygen atoms in total. The van der Waals surface area contributed by atoms with Crippen LogP contribution in [0.4, 0.5) is 4.39 Å². The second-order valence-corrected chi connectivity index (χ2v) is 6.18. The SMILES string of the molecule is CN(C)CCn1ncc(Cl)c1C(=O)c1cc(F)cc(Br)c1. The molecule has 0 fully saturated rings. The Morgan fingerprint density at radius 1 is 1.43 bits per heavy atom. The number of carbonyl (C=O) groups is 1. The van der Waals surface area contributed by atoms with Crippen LogP contribution in [-0.4, -0.2) is 41.1 Å². The minimum atomic E-state index is -0.483. The van der Waals surface area contributed by atoms with Crippen molar-refractivity contribution in [1.29, 1.82) is 0 Å².